The highest BCUT2D eigenvalue weighted by Crippen LogP contribution is 2.39. The van der Waals surface area contributed by atoms with Crippen molar-refractivity contribution >= 4 is 28.5 Å². The molecule has 6 heteroatoms. The molecule has 3 rings (SSSR count). The lowest BCUT2D eigenvalue weighted by Gasteiger charge is -2.14. The molecular weight excluding hydrogens is 292 g/mol. The zero-order valence-corrected chi connectivity index (χ0v) is 12.7. The van der Waals surface area contributed by atoms with Crippen LogP contribution in [0.2, 0.25) is 5.02 Å². The zero-order chi connectivity index (χ0) is 15.1. The normalized spacial score (nSPS) is 16.9. The summed E-state index contributed by atoms with van der Waals surface area (Å²) in [5.74, 6) is -0.0752. The molecule has 0 bridgehead atoms. The number of fused-ring (bicyclic) bond motifs is 3. The highest BCUT2D eigenvalue weighted by Gasteiger charge is 2.27. The number of carbonyl (C=O) groups excluding carboxylic acids is 1. The van der Waals surface area contributed by atoms with Crippen LogP contribution in [0.5, 0.6) is 5.75 Å². The lowest BCUT2D eigenvalue weighted by atomic mass is 9.98. The number of pyridine rings is 1. The number of rotatable bonds is 2. The molecule has 1 aliphatic rings. The summed E-state index contributed by atoms with van der Waals surface area (Å²) in [6, 6.07) is 2.02. The largest absolute Gasteiger partial charge is 0.495 e. The second-order valence-corrected chi connectivity index (χ2v) is 5.33. The van der Waals surface area contributed by atoms with Crippen molar-refractivity contribution in [2.75, 3.05) is 14.2 Å². The number of nitrogens with one attached hydrogen (secondary N) is 1. The van der Waals surface area contributed by atoms with Gasteiger partial charge in [-0.25, -0.2) is 4.79 Å². The Kier molecular flexibility index (Phi) is 3.47. The van der Waals surface area contributed by atoms with Crippen molar-refractivity contribution in [2.24, 2.45) is 0 Å². The van der Waals surface area contributed by atoms with Crippen molar-refractivity contribution in [2.45, 2.75) is 19.5 Å². The van der Waals surface area contributed by atoms with E-state index >= 15 is 0 Å². The van der Waals surface area contributed by atoms with Gasteiger partial charge in [0.15, 0.2) is 0 Å². The maximum atomic E-state index is 12.1. The lowest BCUT2D eigenvalue weighted by Crippen LogP contribution is -2.08. The van der Waals surface area contributed by atoms with E-state index in [1.165, 1.54) is 14.2 Å². The minimum absolute atomic E-state index is 0.182. The second kappa shape index (κ2) is 5.16. The van der Waals surface area contributed by atoms with Gasteiger partial charge in [0.25, 0.3) is 0 Å². The van der Waals surface area contributed by atoms with Crippen molar-refractivity contribution in [3.05, 3.63) is 34.0 Å². The second-order valence-electron chi connectivity index (χ2n) is 4.96. The van der Waals surface area contributed by atoms with E-state index in [0.29, 0.717) is 11.3 Å². The lowest BCUT2D eigenvalue weighted by molar-refractivity contribution is 0.0602. The molecule has 1 aliphatic heterocycles. The molecule has 0 unspecified atom stereocenters. The first kappa shape index (κ1) is 14.1. The fourth-order valence-corrected chi connectivity index (χ4v) is 3.10. The standard InChI is InChI=1S/C15H15ClN2O3/c1-7-11-8(5-17-7)6-18-14-9(11)4-10(20-2)13(16)12(14)15(19)21-3/h4,6-7,17H,5H2,1-3H3/t7-/m0/s1. The van der Waals surface area contributed by atoms with Crippen LogP contribution in [0, 0.1) is 0 Å². The number of nitrogens with zero attached hydrogens (tertiary/aromatic N) is 1. The summed E-state index contributed by atoms with van der Waals surface area (Å²) in [6.07, 6.45) is 1.78. The number of hydrogen-bond acceptors (Lipinski definition) is 5. The summed E-state index contributed by atoms with van der Waals surface area (Å²) < 4.78 is 10.1. The molecule has 110 valence electrons. The Morgan fingerprint density at radius 3 is 2.90 bits per heavy atom. The van der Waals surface area contributed by atoms with Gasteiger partial charge in [0.05, 0.1) is 24.8 Å². The van der Waals surface area contributed by atoms with Crippen LogP contribution in [-0.2, 0) is 11.3 Å². The van der Waals surface area contributed by atoms with Gasteiger partial charge >= 0.3 is 5.97 Å². The third kappa shape index (κ3) is 2.04. The third-order valence-corrected chi connectivity index (χ3v) is 4.21. The van der Waals surface area contributed by atoms with E-state index in [0.717, 1.165) is 23.1 Å². The smallest absolute Gasteiger partial charge is 0.341 e. The number of benzene rings is 1. The van der Waals surface area contributed by atoms with Crippen LogP contribution in [0.4, 0.5) is 0 Å². The molecule has 2 aromatic rings. The summed E-state index contributed by atoms with van der Waals surface area (Å²) >= 11 is 6.27. The predicted molar refractivity (Wildman–Crippen MR) is 79.9 cm³/mol. The fourth-order valence-electron chi connectivity index (χ4n) is 2.80. The highest BCUT2D eigenvalue weighted by atomic mass is 35.5. The zero-order valence-electron chi connectivity index (χ0n) is 12.0. The number of esters is 1. The molecule has 0 radical (unpaired) electrons. The van der Waals surface area contributed by atoms with Crippen molar-refractivity contribution in [1.82, 2.24) is 10.3 Å². The average molecular weight is 307 g/mol. The van der Waals surface area contributed by atoms with E-state index in [-0.39, 0.29) is 16.6 Å². The first-order valence-electron chi connectivity index (χ1n) is 6.58. The molecule has 1 aromatic heterocycles. The Morgan fingerprint density at radius 1 is 1.48 bits per heavy atom. The molecule has 0 amide bonds. The van der Waals surface area contributed by atoms with Crippen LogP contribution in [0.3, 0.4) is 0 Å². The molecule has 0 saturated carbocycles. The van der Waals surface area contributed by atoms with Crippen molar-refractivity contribution in [3.8, 4) is 5.75 Å². The number of aromatic nitrogens is 1. The molecule has 2 heterocycles. The summed E-state index contributed by atoms with van der Waals surface area (Å²) in [6.45, 7) is 2.84. The molecule has 0 spiro atoms. The third-order valence-electron chi connectivity index (χ3n) is 3.83. The van der Waals surface area contributed by atoms with E-state index in [1.807, 2.05) is 6.07 Å². The van der Waals surface area contributed by atoms with E-state index in [2.05, 4.69) is 17.2 Å². The molecule has 0 aliphatic carbocycles. The van der Waals surface area contributed by atoms with Gasteiger partial charge in [-0.3, -0.25) is 4.98 Å². The Morgan fingerprint density at radius 2 is 2.24 bits per heavy atom. The van der Waals surface area contributed by atoms with Gasteiger partial charge in [-0.05, 0) is 24.1 Å². The van der Waals surface area contributed by atoms with Gasteiger partial charge < -0.3 is 14.8 Å². The summed E-state index contributed by atoms with van der Waals surface area (Å²) in [5.41, 5.74) is 3.03. The molecular formula is C15H15ClN2O3. The van der Waals surface area contributed by atoms with Crippen LogP contribution in [0.15, 0.2) is 12.3 Å². The Labute approximate surface area is 127 Å². The topological polar surface area (TPSA) is 60.5 Å². The number of hydrogen-bond donors (Lipinski definition) is 1. The summed E-state index contributed by atoms with van der Waals surface area (Å²) in [5, 5.41) is 4.45. The number of carbonyl (C=O) groups is 1. The fraction of sp³-hybridized carbons (Fsp3) is 0.333. The Balaban J connectivity index is 2.43. The molecule has 0 fully saturated rings. The number of halogens is 1. The van der Waals surface area contributed by atoms with E-state index in [1.54, 1.807) is 6.20 Å². The highest BCUT2D eigenvalue weighted by molar-refractivity contribution is 6.36. The monoisotopic (exact) mass is 306 g/mol. The molecule has 5 nitrogen and oxygen atoms in total. The number of methoxy groups -OCH3 is 2. The quantitative estimate of drug-likeness (QED) is 0.865. The van der Waals surface area contributed by atoms with Crippen molar-refractivity contribution in [1.29, 1.82) is 0 Å². The summed E-state index contributed by atoms with van der Waals surface area (Å²) in [4.78, 5) is 16.5. The summed E-state index contributed by atoms with van der Waals surface area (Å²) in [7, 11) is 2.84. The first-order valence-corrected chi connectivity index (χ1v) is 6.96. The average Bonchev–Trinajstić information content (AvgIpc) is 2.87. The molecule has 1 atom stereocenters. The predicted octanol–water partition coefficient (Wildman–Crippen LogP) is 2.85. The molecule has 0 saturated heterocycles. The van der Waals surface area contributed by atoms with Crippen LogP contribution in [0.1, 0.15) is 34.5 Å². The Bertz CT molecular complexity index is 746. The maximum Gasteiger partial charge on any atom is 0.341 e. The van der Waals surface area contributed by atoms with Gasteiger partial charge in [-0.1, -0.05) is 11.6 Å². The van der Waals surface area contributed by atoms with E-state index < -0.39 is 5.97 Å². The van der Waals surface area contributed by atoms with Gasteiger partial charge in [-0.2, -0.15) is 0 Å². The van der Waals surface area contributed by atoms with Crippen LogP contribution in [0.25, 0.3) is 10.9 Å². The molecule has 21 heavy (non-hydrogen) atoms. The maximum absolute atomic E-state index is 12.1. The van der Waals surface area contributed by atoms with Gasteiger partial charge in [0.2, 0.25) is 0 Å². The first-order chi connectivity index (χ1) is 10.1. The minimum Gasteiger partial charge on any atom is -0.495 e. The molecule has 1 N–H and O–H groups in total. The van der Waals surface area contributed by atoms with Crippen LogP contribution < -0.4 is 10.1 Å². The van der Waals surface area contributed by atoms with Crippen molar-refractivity contribution < 1.29 is 14.3 Å². The Hall–Kier alpha value is -1.85. The van der Waals surface area contributed by atoms with Gasteiger partial charge in [0, 0.05) is 24.2 Å². The van der Waals surface area contributed by atoms with Crippen LogP contribution >= 0.6 is 11.6 Å². The van der Waals surface area contributed by atoms with Gasteiger partial charge in [-0.15, -0.1) is 0 Å². The van der Waals surface area contributed by atoms with E-state index in [4.69, 9.17) is 21.1 Å². The number of ether oxygens (including phenoxy) is 2. The van der Waals surface area contributed by atoms with Crippen molar-refractivity contribution in [3.63, 3.8) is 0 Å². The van der Waals surface area contributed by atoms with E-state index in [9.17, 15) is 4.79 Å². The van der Waals surface area contributed by atoms with Crippen LogP contribution in [-0.4, -0.2) is 25.2 Å². The SMILES string of the molecule is COC(=O)c1c(Cl)c(OC)cc2c3c(cnc12)CN[C@H]3C. The minimum atomic E-state index is -0.519. The molecule has 1 aromatic carbocycles. The van der Waals surface area contributed by atoms with Gasteiger partial charge in [0.1, 0.15) is 11.3 Å².